The minimum atomic E-state index is -0.155. The second kappa shape index (κ2) is 9.40. The molecule has 2 aromatic carbocycles. The molecule has 0 atom stereocenters. The van der Waals surface area contributed by atoms with Crippen LogP contribution in [-0.2, 0) is 16.6 Å². The van der Waals surface area contributed by atoms with Crippen molar-refractivity contribution in [2.24, 2.45) is 7.05 Å². The predicted molar refractivity (Wildman–Crippen MR) is 126 cm³/mol. The lowest BCUT2D eigenvalue weighted by Crippen LogP contribution is -2.29. The van der Waals surface area contributed by atoms with Crippen LogP contribution >= 0.6 is 11.6 Å². The van der Waals surface area contributed by atoms with E-state index in [0.717, 1.165) is 47.0 Å². The largest absolute Gasteiger partial charge is 0.352 e. The van der Waals surface area contributed by atoms with Crippen LogP contribution in [0.25, 0.3) is 28.1 Å². The Morgan fingerprint density at radius 3 is 2.90 bits per heavy atom. The molecule has 5 nitrogen and oxygen atoms in total. The first-order valence-corrected chi connectivity index (χ1v) is 11.0. The number of hydrogen-bond donors (Lipinski definition) is 1. The smallest absolute Gasteiger partial charge is 0.244 e. The van der Waals surface area contributed by atoms with Crippen LogP contribution in [0.2, 0.25) is 5.02 Å². The maximum atomic E-state index is 12.3. The summed E-state index contributed by atoms with van der Waals surface area (Å²) in [7, 11) is 2.02. The van der Waals surface area contributed by atoms with Gasteiger partial charge in [-0.25, -0.2) is 0 Å². The van der Waals surface area contributed by atoms with E-state index in [1.807, 2.05) is 36.3 Å². The average molecular weight is 436 g/mol. The Hall–Kier alpha value is -3.05. The molecule has 6 heteroatoms. The molecule has 1 aromatic heterocycles. The summed E-state index contributed by atoms with van der Waals surface area (Å²) < 4.78 is 2.08. The summed E-state index contributed by atoms with van der Waals surface area (Å²) in [6, 6.07) is 14.0. The molecule has 0 radical (unpaired) electrons. The lowest BCUT2D eigenvalue weighted by molar-refractivity contribution is -0.127. The van der Waals surface area contributed by atoms with Gasteiger partial charge in [-0.1, -0.05) is 29.8 Å². The Labute approximate surface area is 187 Å². The molecular formula is C25H26ClN3O2. The van der Waals surface area contributed by atoms with Crippen LogP contribution in [0.5, 0.6) is 0 Å². The SMILES string of the molecule is Cn1ccc2cc(-c3c(Cl)cccc3C=CC(=O)NCCCN3CCCC3=O)ccc21. The fourth-order valence-electron chi connectivity index (χ4n) is 4.07. The Morgan fingerprint density at radius 2 is 2.10 bits per heavy atom. The standard InChI is InChI=1S/C25H26ClN3O2/c1-28-16-12-19-17-20(8-10-22(19)28)25-18(5-2-6-21(25)26)9-11-23(30)27-13-4-15-29-14-3-7-24(29)31/h2,5-6,8-12,16-17H,3-4,7,13-15H2,1H3,(H,27,30). The molecule has 31 heavy (non-hydrogen) atoms. The number of carbonyl (C=O) groups excluding carboxylic acids is 2. The molecule has 2 heterocycles. The van der Waals surface area contributed by atoms with Crippen molar-refractivity contribution < 1.29 is 9.59 Å². The van der Waals surface area contributed by atoms with Crippen molar-refractivity contribution in [2.45, 2.75) is 19.3 Å². The number of amides is 2. The fourth-order valence-corrected chi connectivity index (χ4v) is 4.36. The first-order chi connectivity index (χ1) is 15.0. The van der Waals surface area contributed by atoms with Crippen LogP contribution in [0.15, 0.2) is 54.7 Å². The Balaban J connectivity index is 1.43. The summed E-state index contributed by atoms with van der Waals surface area (Å²) in [5.74, 6) is 0.0607. The van der Waals surface area contributed by atoms with Gasteiger partial charge < -0.3 is 14.8 Å². The molecule has 0 bridgehead atoms. The molecule has 3 aromatic rings. The zero-order chi connectivity index (χ0) is 21.8. The van der Waals surface area contributed by atoms with Crippen molar-refractivity contribution in [1.29, 1.82) is 0 Å². The monoisotopic (exact) mass is 435 g/mol. The molecular weight excluding hydrogens is 410 g/mol. The lowest BCUT2D eigenvalue weighted by atomic mass is 9.98. The fraction of sp³-hybridized carbons (Fsp3) is 0.280. The van der Waals surface area contributed by atoms with E-state index in [9.17, 15) is 9.59 Å². The third kappa shape index (κ3) is 4.83. The number of aromatic nitrogens is 1. The number of rotatable bonds is 7. The number of nitrogens with one attached hydrogen (secondary N) is 1. The van der Waals surface area contributed by atoms with Crippen molar-refractivity contribution in [1.82, 2.24) is 14.8 Å². The van der Waals surface area contributed by atoms with Crippen LogP contribution in [0, 0.1) is 0 Å². The van der Waals surface area contributed by atoms with E-state index >= 15 is 0 Å². The maximum absolute atomic E-state index is 12.3. The van der Waals surface area contributed by atoms with Gasteiger partial charge in [-0.05, 0) is 54.3 Å². The summed E-state index contributed by atoms with van der Waals surface area (Å²) in [6.45, 7) is 2.07. The summed E-state index contributed by atoms with van der Waals surface area (Å²) in [4.78, 5) is 25.8. The quantitative estimate of drug-likeness (QED) is 0.434. The lowest BCUT2D eigenvalue weighted by Gasteiger charge is -2.14. The van der Waals surface area contributed by atoms with Gasteiger partial charge in [0, 0.05) is 66.9 Å². The zero-order valence-corrected chi connectivity index (χ0v) is 18.4. The number of aryl methyl sites for hydroxylation is 1. The number of likely N-dealkylation sites (tertiary alicyclic amines) is 1. The second-order valence-electron chi connectivity index (χ2n) is 7.87. The molecule has 1 saturated heterocycles. The predicted octanol–water partition coefficient (Wildman–Crippen LogP) is 4.64. The minimum absolute atomic E-state index is 0.155. The first kappa shape index (κ1) is 21.2. The normalized spacial score (nSPS) is 14.1. The molecule has 1 aliphatic rings. The van der Waals surface area contributed by atoms with E-state index in [1.54, 1.807) is 6.08 Å². The van der Waals surface area contributed by atoms with Crippen LogP contribution in [-0.4, -0.2) is 40.9 Å². The van der Waals surface area contributed by atoms with E-state index in [1.165, 1.54) is 6.08 Å². The van der Waals surface area contributed by atoms with Gasteiger partial charge in [0.05, 0.1) is 0 Å². The van der Waals surface area contributed by atoms with Crippen molar-refractivity contribution in [3.8, 4) is 11.1 Å². The highest BCUT2D eigenvalue weighted by Gasteiger charge is 2.19. The van der Waals surface area contributed by atoms with Gasteiger partial charge in [-0.15, -0.1) is 0 Å². The van der Waals surface area contributed by atoms with Gasteiger partial charge in [0.2, 0.25) is 11.8 Å². The van der Waals surface area contributed by atoms with E-state index in [-0.39, 0.29) is 11.8 Å². The highest BCUT2D eigenvalue weighted by atomic mass is 35.5. The Kier molecular flexibility index (Phi) is 6.42. The number of nitrogens with zero attached hydrogens (tertiary/aromatic N) is 2. The van der Waals surface area contributed by atoms with Crippen LogP contribution in [0.3, 0.4) is 0 Å². The van der Waals surface area contributed by atoms with E-state index in [4.69, 9.17) is 11.6 Å². The summed E-state index contributed by atoms with van der Waals surface area (Å²) in [5.41, 5.74) is 3.97. The van der Waals surface area contributed by atoms with Gasteiger partial charge in [-0.3, -0.25) is 9.59 Å². The molecule has 0 spiro atoms. The van der Waals surface area contributed by atoms with Crippen molar-refractivity contribution in [3.05, 3.63) is 65.3 Å². The number of fused-ring (bicyclic) bond motifs is 1. The summed E-state index contributed by atoms with van der Waals surface area (Å²) in [6.07, 6.45) is 7.71. The van der Waals surface area contributed by atoms with Crippen molar-refractivity contribution >= 4 is 40.4 Å². The molecule has 160 valence electrons. The van der Waals surface area contributed by atoms with Crippen LogP contribution < -0.4 is 5.32 Å². The summed E-state index contributed by atoms with van der Waals surface area (Å²) >= 11 is 6.54. The van der Waals surface area contributed by atoms with Gasteiger partial charge in [-0.2, -0.15) is 0 Å². The number of hydrogen-bond acceptors (Lipinski definition) is 2. The third-order valence-corrected chi connectivity index (χ3v) is 6.02. The van der Waals surface area contributed by atoms with Gasteiger partial charge in [0.15, 0.2) is 0 Å². The molecule has 1 N–H and O–H groups in total. The van der Waals surface area contributed by atoms with Crippen LogP contribution in [0.1, 0.15) is 24.8 Å². The number of benzene rings is 2. The summed E-state index contributed by atoms with van der Waals surface area (Å²) in [5, 5.41) is 4.68. The molecule has 1 aliphatic heterocycles. The molecule has 0 unspecified atom stereocenters. The van der Waals surface area contributed by atoms with Crippen molar-refractivity contribution in [3.63, 3.8) is 0 Å². The zero-order valence-electron chi connectivity index (χ0n) is 17.6. The molecule has 1 fully saturated rings. The van der Waals surface area contributed by atoms with Gasteiger partial charge >= 0.3 is 0 Å². The number of halogens is 1. The van der Waals surface area contributed by atoms with Crippen molar-refractivity contribution in [2.75, 3.05) is 19.6 Å². The third-order valence-electron chi connectivity index (χ3n) is 5.71. The Morgan fingerprint density at radius 1 is 1.23 bits per heavy atom. The van der Waals surface area contributed by atoms with E-state index < -0.39 is 0 Å². The highest BCUT2D eigenvalue weighted by molar-refractivity contribution is 6.33. The van der Waals surface area contributed by atoms with E-state index in [2.05, 4.69) is 34.1 Å². The first-order valence-electron chi connectivity index (χ1n) is 10.6. The Bertz CT molecular complexity index is 1150. The van der Waals surface area contributed by atoms with Gasteiger partial charge in [0.1, 0.15) is 0 Å². The second-order valence-corrected chi connectivity index (χ2v) is 8.27. The van der Waals surface area contributed by atoms with E-state index in [0.29, 0.717) is 24.5 Å². The molecule has 2 amide bonds. The van der Waals surface area contributed by atoms with Gasteiger partial charge in [0.25, 0.3) is 0 Å². The average Bonchev–Trinajstić information content (AvgIpc) is 3.34. The molecule has 4 rings (SSSR count). The topological polar surface area (TPSA) is 54.3 Å². The maximum Gasteiger partial charge on any atom is 0.244 e. The molecule has 0 saturated carbocycles. The number of carbonyl (C=O) groups is 2. The van der Waals surface area contributed by atoms with Crippen LogP contribution in [0.4, 0.5) is 0 Å². The molecule has 0 aliphatic carbocycles. The highest BCUT2D eigenvalue weighted by Crippen LogP contribution is 2.34. The minimum Gasteiger partial charge on any atom is -0.352 e.